The van der Waals surface area contributed by atoms with Gasteiger partial charge in [0.15, 0.2) is 0 Å². The van der Waals surface area contributed by atoms with Crippen molar-refractivity contribution in [3.05, 3.63) is 59.7 Å². The van der Waals surface area contributed by atoms with Gasteiger partial charge in [-0.05, 0) is 31.0 Å². The van der Waals surface area contributed by atoms with Crippen molar-refractivity contribution in [1.82, 2.24) is 9.97 Å². The Kier molecular flexibility index (Phi) is 5.14. The van der Waals surface area contributed by atoms with Crippen LogP contribution in [0.1, 0.15) is 37.7 Å². The molecule has 0 amide bonds. The monoisotopic (exact) mass is 368 g/mol. The Labute approximate surface area is 157 Å². The van der Waals surface area contributed by atoms with Crippen LogP contribution in [-0.4, -0.2) is 16.0 Å². The van der Waals surface area contributed by atoms with Gasteiger partial charge in [0.2, 0.25) is 5.95 Å². The maximum Gasteiger partial charge on any atom is 0.225 e. The number of halogens is 2. The number of hydrogen-bond acceptors (Lipinski definition) is 4. The molecule has 0 spiro atoms. The second-order valence-electron chi connectivity index (χ2n) is 6.98. The van der Waals surface area contributed by atoms with Crippen LogP contribution in [0.4, 0.5) is 20.5 Å². The Balaban J connectivity index is 1.58. The molecule has 4 rings (SSSR count). The van der Waals surface area contributed by atoms with E-state index >= 15 is 0 Å². The normalized spacial score (nSPS) is 15.0. The number of aromatic nitrogens is 2. The van der Waals surface area contributed by atoms with Gasteiger partial charge < -0.3 is 10.6 Å². The van der Waals surface area contributed by atoms with Gasteiger partial charge in [0.05, 0.1) is 5.52 Å². The highest BCUT2D eigenvalue weighted by Gasteiger charge is 2.16. The Morgan fingerprint density at radius 3 is 2.59 bits per heavy atom. The predicted molar refractivity (Wildman–Crippen MR) is 104 cm³/mol. The molecule has 140 valence electrons. The van der Waals surface area contributed by atoms with Crippen molar-refractivity contribution in [1.29, 1.82) is 0 Å². The molecule has 2 aromatic carbocycles. The molecule has 0 radical (unpaired) electrons. The van der Waals surface area contributed by atoms with Crippen molar-refractivity contribution < 1.29 is 8.78 Å². The Bertz CT molecular complexity index is 939. The Morgan fingerprint density at radius 1 is 0.963 bits per heavy atom. The predicted octanol–water partition coefficient (Wildman–Crippen LogP) is 5.26. The van der Waals surface area contributed by atoms with E-state index in [9.17, 15) is 8.78 Å². The van der Waals surface area contributed by atoms with Gasteiger partial charge in [0.25, 0.3) is 0 Å². The molecule has 27 heavy (non-hydrogen) atoms. The van der Waals surface area contributed by atoms with Crippen LogP contribution in [0, 0.1) is 11.6 Å². The summed E-state index contributed by atoms with van der Waals surface area (Å²) in [5.41, 5.74) is 1.20. The van der Waals surface area contributed by atoms with E-state index < -0.39 is 11.6 Å². The van der Waals surface area contributed by atoms with Crippen LogP contribution in [-0.2, 0) is 6.54 Å². The molecule has 1 aliphatic rings. The number of benzene rings is 2. The third kappa shape index (κ3) is 4.15. The molecule has 2 N–H and O–H groups in total. The quantitative estimate of drug-likeness (QED) is 0.645. The van der Waals surface area contributed by atoms with Crippen LogP contribution in [0.25, 0.3) is 10.9 Å². The summed E-state index contributed by atoms with van der Waals surface area (Å²) in [6.45, 7) is 0.188. The van der Waals surface area contributed by atoms with Crippen molar-refractivity contribution in [2.75, 3.05) is 10.6 Å². The standard InChI is InChI=1S/C21H22F2N4/c22-15-11-10-14(18(23)12-15)13-24-21-26-19-9-5-4-8-17(19)20(27-21)25-16-6-2-1-3-7-16/h4-5,8-12,16H,1-3,6-7,13H2,(H2,24,25,26,27). The number of nitrogens with one attached hydrogen (secondary N) is 2. The largest absolute Gasteiger partial charge is 0.367 e. The molecular weight excluding hydrogens is 346 g/mol. The highest BCUT2D eigenvalue weighted by Crippen LogP contribution is 2.26. The fourth-order valence-electron chi connectivity index (χ4n) is 3.55. The van der Waals surface area contributed by atoms with Crippen LogP contribution in [0.15, 0.2) is 42.5 Å². The van der Waals surface area contributed by atoms with E-state index in [0.29, 0.717) is 17.6 Å². The molecule has 1 saturated carbocycles. The maximum absolute atomic E-state index is 13.9. The van der Waals surface area contributed by atoms with Gasteiger partial charge in [-0.3, -0.25) is 0 Å². The van der Waals surface area contributed by atoms with Crippen molar-refractivity contribution in [3.63, 3.8) is 0 Å². The molecule has 1 fully saturated rings. The zero-order valence-electron chi connectivity index (χ0n) is 15.0. The number of fused-ring (bicyclic) bond motifs is 1. The fraction of sp³-hybridized carbons (Fsp3) is 0.333. The molecule has 0 bridgehead atoms. The number of anilines is 2. The summed E-state index contributed by atoms with van der Waals surface area (Å²) >= 11 is 0. The Morgan fingerprint density at radius 2 is 1.78 bits per heavy atom. The number of hydrogen-bond donors (Lipinski definition) is 2. The summed E-state index contributed by atoms with van der Waals surface area (Å²) in [4.78, 5) is 9.16. The zero-order chi connectivity index (χ0) is 18.6. The average molecular weight is 368 g/mol. The lowest BCUT2D eigenvalue weighted by Crippen LogP contribution is -2.23. The zero-order valence-corrected chi connectivity index (χ0v) is 15.0. The van der Waals surface area contributed by atoms with Gasteiger partial charge in [-0.1, -0.05) is 37.5 Å². The lowest BCUT2D eigenvalue weighted by molar-refractivity contribution is 0.462. The molecule has 6 heteroatoms. The molecule has 1 aliphatic carbocycles. The smallest absolute Gasteiger partial charge is 0.225 e. The minimum atomic E-state index is -0.586. The third-order valence-corrected chi connectivity index (χ3v) is 5.00. The minimum Gasteiger partial charge on any atom is -0.367 e. The third-order valence-electron chi connectivity index (χ3n) is 5.00. The molecule has 4 nitrogen and oxygen atoms in total. The lowest BCUT2D eigenvalue weighted by Gasteiger charge is -2.24. The molecular formula is C21H22F2N4. The van der Waals surface area contributed by atoms with Crippen LogP contribution in [0.5, 0.6) is 0 Å². The second-order valence-corrected chi connectivity index (χ2v) is 6.98. The molecule has 0 unspecified atom stereocenters. The van der Waals surface area contributed by atoms with E-state index in [0.717, 1.165) is 35.6 Å². The fourth-order valence-corrected chi connectivity index (χ4v) is 3.55. The van der Waals surface area contributed by atoms with Crippen molar-refractivity contribution in [3.8, 4) is 0 Å². The first-order valence-corrected chi connectivity index (χ1v) is 9.40. The SMILES string of the molecule is Fc1ccc(CNc2nc(NC3CCCCC3)c3ccccc3n2)c(F)c1. The van der Waals surface area contributed by atoms with E-state index in [4.69, 9.17) is 0 Å². The van der Waals surface area contributed by atoms with E-state index in [2.05, 4.69) is 20.6 Å². The average Bonchev–Trinajstić information content (AvgIpc) is 2.68. The summed E-state index contributed by atoms with van der Waals surface area (Å²) in [7, 11) is 0. The van der Waals surface area contributed by atoms with Crippen LogP contribution in [0.3, 0.4) is 0 Å². The van der Waals surface area contributed by atoms with Gasteiger partial charge in [0, 0.05) is 29.6 Å². The van der Waals surface area contributed by atoms with Crippen molar-refractivity contribution >= 4 is 22.7 Å². The minimum absolute atomic E-state index is 0.188. The molecule has 0 aliphatic heterocycles. The van der Waals surface area contributed by atoms with E-state index in [1.807, 2.05) is 24.3 Å². The van der Waals surface area contributed by atoms with Crippen LogP contribution < -0.4 is 10.6 Å². The maximum atomic E-state index is 13.9. The molecule has 3 aromatic rings. The highest BCUT2D eigenvalue weighted by atomic mass is 19.1. The van der Waals surface area contributed by atoms with E-state index in [-0.39, 0.29) is 6.54 Å². The molecule has 0 atom stereocenters. The first-order chi connectivity index (χ1) is 13.2. The highest BCUT2D eigenvalue weighted by molar-refractivity contribution is 5.90. The van der Waals surface area contributed by atoms with Gasteiger partial charge in [0.1, 0.15) is 17.5 Å². The summed E-state index contributed by atoms with van der Waals surface area (Å²) < 4.78 is 26.9. The van der Waals surface area contributed by atoms with Crippen LogP contribution in [0.2, 0.25) is 0 Å². The summed E-state index contributed by atoms with van der Waals surface area (Å²) in [6.07, 6.45) is 6.04. The van der Waals surface area contributed by atoms with Gasteiger partial charge >= 0.3 is 0 Å². The van der Waals surface area contributed by atoms with E-state index in [1.165, 1.54) is 31.4 Å². The van der Waals surface area contributed by atoms with Gasteiger partial charge in [-0.2, -0.15) is 4.98 Å². The van der Waals surface area contributed by atoms with Crippen molar-refractivity contribution in [2.45, 2.75) is 44.7 Å². The number of rotatable bonds is 5. The molecule has 0 saturated heterocycles. The summed E-state index contributed by atoms with van der Waals surface area (Å²) in [5, 5.41) is 7.61. The molecule has 1 aromatic heterocycles. The first kappa shape index (κ1) is 17.6. The lowest BCUT2D eigenvalue weighted by atomic mass is 9.95. The van der Waals surface area contributed by atoms with E-state index in [1.54, 1.807) is 0 Å². The summed E-state index contributed by atoms with van der Waals surface area (Å²) in [5.74, 6) is 0.0614. The topological polar surface area (TPSA) is 49.8 Å². The Hall–Kier alpha value is -2.76. The molecule has 1 heterocycles. The van der Waals surface area contributed by atoms with Gasteiger partial charge in [-0.25, -0.2) is 13.8 Å². The first-order valence-electron chi connectivity index (χ1n) is 9.40. The van der Waals surface area contributed by atoms with Gasteiger partial charge in [-0.15, -0.1) is 0 Å². The summed E-state index contributed by atoms with van der Waals surface area (Å²) in [6, 6.07) is 11.8. The van der Waals surface area contributed by atoms with Crippen LogP contribution >= 0.6 is 0 Å². The number of nitrogens with zero attached hydrogens (tertiary/aromatic N) is 2. The van der Waals surface area contributed by atoms with Crippen molar-refractivity contribution in [2.24, 2.45) is 0 Å². The number of para-hydroxylation sites is 1. The second kappa shape index (κ2) is 7.86.